The second-order valence-corrected chi connectivity index (χ2v) is 3.41. The third kappa shape index (κ3) is 5.50. The van der Waals surface area contributed by atoms with E-state index in [0.717, 1.165) is 12.8 Å². The van der Waals surface area contributed by atoms with Gasteiger partial charge in [-0.1, -0.05) is 27.7 Å². The first-order chi connectivity index (χ1) is 6.11. The molecule has 3 nitrogen and oxygen atoms in total. The summed E-state index contributed by atoms with van der Waals surface area (Å²) in [7, 11) is 0. The molecule has 0 aliphatic carbocycles. The van der Waals surface area contributed by atoms with Gasteiger partial charge >= 0.3 is 6.16 Å². The summed E-state index contributed by atoms with van der Waals surface area (Å²) in [6.07, 6.45) is 1.10. The predicted molar refractivity (Wildman–Crippen MR) is 51.6 cm³/mol. The molecular formula is C10H20O3. The number of hydrogen-bond acceptors (Lipinski definition) is 3. The van der Waals surface area contributed by atoms with E-state index in [4.69, 9.17) is 9.47 Å². The van der Waals surface area contributed by atoms with E-state index in [2.05, 4.69) is 0 Å². The Labute approximate surface area is 80.4 Å². The van der Waals surface area contributed by atoms with Gasteiger partial charge in [0.05, 0.1) is 6.61 Å². The SMILES string of the molecule is CCCOC(=O)OC(CC)C(C)C. The van der Waals surface area contributed by atoms with Crippen LogP contribution in [0.5, 0.6) is 0 Å². The van der Waals surface area contributed by atoms with Gasteiger partial charge in [-0.05, 0) is 18.8 Å². The van der Waals surface area contributed by atoms with E-state index >= 15 is 0 Å². The van der Waals surface area contributed by atoms with Crippen molar-refractivity contribution in [2.45, 2.75) is 46.6 Å². The maximum absolute atomic E-state index is 11.0. The molecule has 1 unspecified atom stereocenters. The van der Waals surface area contributed by atoms with Crippen LogP contribution < -0.4 is 0 Å². The first-order valence-corrected chi connectivity index (χ1v) is 4.95. The van der Waals surface area contributed by atoms with Crippen molar-refractivity contribution in [1.29, 1.82) is 0 Å². The lowest BCUT2D eigenvalue weighted by molar-refractivity contribution is 0.00643. The molecule has 0 bridgehead atoms. The Morgan fingerprint density at radius 2 is 1.92 bits per heavy atom. The van der Waals surface area contributed by atoms with E-state index in [0.29, 0.717) is 12.5 Å². The smallest absolute Gasteiger partial charge is 0.434 e. The monoisotopic (exact) mass is 188 g/mol. The average molecular weight is 188 g/mol. The molecule has 0 aromatic rings. The van der Waals surface area contributed by atoms with Crippen LogP contribution in [-0.4, -0.2) is 18.9 Å². The Morgan fingerprint density at radius 1 is 1.31 bits per heavy atom. The van der Waals surface area contributed by atoms with Crippen LogP contribution in [0, 0.1) is 5.92 Å². The summed E-state index contributed by atoms with van der Waals surface area (Å²) >= 11 is 0. The van der Waals surface area contributed by atoms with E-state index in [1.165, 1.54) is 0 Å². The Morgan fingerprint density at radius 3 is 2.31 bits per heavy atom. The summed E-state index contributed by atoms with van der Waals surface area (Å²) in [4.78, 5) is 11.0. The Kier molecular flexibility index (Phi) is 6.37. The van der Waals surface area contributed by atoms with Crippen molar-refractivity contribution in [2.24, 2.45) is 5.92 Å². The molecule has 0 aromatic heterocycles. The van der Waals surface area contributed by atoms with Crippen LogP contribution in [0.2, 0.25) is 0 Å². The maximum Gasteiger partial charge on any atom is 0.508 e. The molecule has 1 atom stereocenters. The summed E-state index contributed by atoms with van der Waals surface area (Å²) in [6, 6.07) is 0. The molecule has 0 saturated carbocycles. The van der Waals surface area contributed by atoms with Crippen molar-refractivity contribution in [3.05, 3.63) is 0 Å². The van der Waals surface area contributed by atoms with Gasteiger partial charge in [0.25, 0.3) is 0 Å². The van der Waals surface area contributed by atoms with E-state index in [9.17, 15) is 4.79 Å². The topological polar surface area (TPSA) is 35.5 Å². The summed E-state index contributed by atoms with van der Waals surface area (Å²) in [5, 5.41) is 0. The third-order valence-electron chi connectivity index (χ3n) is 1.82. The second-order valence-electron chi connectivity index (χ2n) is 3.41. The second kappa shape index (κ2) is 6.75. The van der Waals surface area contributed by atoms with Crippen LogP contribution in [-0.2, 0) is 9.47 Å². The minimum absolute atomic E-state index is 0.0237. The molecular weight excluding hydrogens is 168 g/mol. The lowest BCUT2D eigenvalue weighted by atomic mass is 10.1. The van der Waals surface area contributed by atoms with Crippen LogP contribution >= 0.6 is 0 Å². The molecule has 0 heterocycles. The Hall–Kier alpha value is -0.730. The molecule has 0 spiro atoms. The van der Waals surface area contributed by atoms with Gasteiger partial charge < -0.3 is 9.47 Å². The molecule has 78 valence electrons. The van der Waals surface area contributed by atoms with Crippen LogP contribution in [0.1, 0.15) is 40.5 Å². The average Bonchev–Trinajstić information content (AvgIpc) is 2.10. The fraction of sp³-hybridized carbons (Fsp3) is 0.900. The Bertz CT molecular complexity index is 143. The Balaban J connectivity index is 3.73. The quantitative estimate of drug-likeness (QED) is 0.622. The lowest BCUT2D eigenvalue weighted by Gasteiger charge is -2.18. The third-order valence-corrected chi connectivity index (χ3v) is 1.82. The van der Waals surface area contributed by atoms with Gasteiger partial charge in [0, 0.05) is 0 Å². The molecule has 0 aliphatic heterocycles. The molecule has 0 saturated heterocycles. The molecule has 0 aliphatic rings. The van der Waals surface area contributed by atoms with Crippen LogP contribution in [0.4, 0.5) is 4.79 Å². The molecule has 0 radical (unpaired) electrons. The number of carbonyl (C=O) groups excluding carboxylic acids is 1. The van der Waals surface area contributed by atoms with Gasteiger partial charge in [0.1, 0.15) is 6.10 Å². The van der Waals surface area contributed by atoms with E-state index in [1.54, 1.807) is 0 Å². The zero-order chi connectivity index (χ0) is 10.3. The predicted octanol–water partition coefficient (Wildman–Crippen LogP) is 2.98. The van der Waals surface area contributed by atoms with E-state index in [1.807, 2.05) is 27.7 Å². The van der Waals surface area contributed by atoms with Crippen molar-refractivity contribution in [1.82, 2.24) is 0 Å². The van der Waals surface area contributed by atoms with Crippen LogP contribution in [0.25, 0.3) is 0 Å². The molecule has 0 aromatic carbocycles. The largest absolute Gasteiger partial charge is 0.508 e. The molecule has 0 rings (SSSR count). The first kappa shape index (κ1) is 12.3. The number of hydrogen-bond donors (Lipinski definition) is 0. The van der Waals surface area contributed by atoms with Crippen molar-refractivity contribution in [3.63, 3.8) is 0 Å². The fourth-order valence-electron chi connectivity index (χ4n) is 1.03. The van der Waals surface area contributed by atoms with Crippen molar-refractivity contribution in [3.8, 4) is 0 Å². The summed E-state index contributed by atoms with van der Waals surface area (Å²) in [5.41, 5.74) is 0. The highest BCUT2D eigenvalue weighted by molar-refractivity contribution is 5.60. The van der Waals surface area contributed by atoms with Crippen LogP contribution in [0.15, 0.2) is 0 Å². The molecule has 0 fully saturated rings. The molecule has 0 amide bonds. The highest BCUT2D eigenvalue weighted by Crippen LogP contribution is 2.11. The summed E-state index contributed by atoms with van der Waals surface area (Å²) in [5.74, 6) is 0.346. The van der Waals surface area contributed by atoms with Crippen molar-refractivity contribution < 1.29 is 14.3 Å². The van der Waals surface area contributed by atoms with Crippen molar-refractivity contribution >= 4 is 6.16 Å². The van der Waals surface area contributed by atoms with Gasteiger partial charge in [-0.15, -0.1) is 0 Å². The van der Waals surface area contributed by atoms with Gasteiger partial charge in [-0.25, -0.2) is 4.79 Å². The van der Waals surface area contributed by atoms with Gasteiger partial charge in [0.15, 0.2) is 0 Å². The van der Waals surface area contributed by atoms with Crippen LogP contribution in [0.3, 0.4) is 0 Å². The molecule has 3 heteroatoms. The zero-order valence-corrected chi connectivity index (χ0v) is 9.00. The highest BCUT2D eigenvalue weighted by Gasteiger charge is 2.16. The van der Waals surface area contributed by atoms with Crippen molar-refractivity contribution in [2.75, 3.05) is 6.61 Å². The summed E-state index contributed by atoms with van der Waals surface area (Å²) < 4.78 is 9.91. The standard InChI is InChI=1S/C10H20O3/c1-5-7-12-10(11)13-9(6-2)8(3)4/h8-9H,5-7H2,1-4H3. The van der Waals surface area contributed by atoms with Gasteiger partial charge in [-0.3, -0.25) is 0 Å². The number of rotatable bonds is 5. The van der Waals surface area contributed by atoms with Gasteiger partial charge in [-0.2, -0.15) is 0 Å². The minimum atomic E-state index is -0.539. The molecule has 0 N–H and O–H groups in total. The fourth-order valence-corrected chi connectivity index (χ4v) is 1.03. The van der Waals surface area contributed by atoms with E-state index < -0.39 is 6.16 Å². The zero-order valence-electron chi connectivity index (χ0n) is 9.00. The maximum atomic E-state index is 11.0. The van der Waals surface area contributed by atoms with E-state index in [-0.39, 0.29) is 6.10 Å². The molecule has 13 heavy (non-hydrogen) atoms. The normalized spacial score (nSPS) is 12.7. The minimum Gasteiger partial charge on any atom is -0.434 e. The first-order valence-electron chi connectivity index (χ1n) is 4.95. The summed E-state index contributed by atoms with van der Waals surface area (Å²) in [6.45, 7) is 8.45. The number of ether oxygens (including phenoxy) is 2. The highest BCUT2D eigenvalue weighted by atomic mass is 16.7. The van der Waals surface area contributed by atoms with Gasteiger partial charge in [0.2, 0.25) is 0 Å². The lowest BCUT2D eigenvalue weighted by Crippen LogP contribution is -2.23. The number of carbonyl (C=O) groups is 1.